The first-order valence-electron chi connectivity index (χ1n) is 6.78. The lowest BCUT2D eigenvalue weighted by Crippen LogP contribution is -2.45. The van der Waals surface area contributed by atoms with E-state index in [9.17, 15) is 14.0 Å². The Morgan fingerprint density at radius 3 is 2.85 bits per heavy atom. The van der Waals surface area contributed by atoms with Gasteiger partial charge in [0, 0.05) is 12.6 Å². The first kappa shape index (κ1) is 14.5. The summed E-state index contributed by atoms with van der Waals surface area (Å²) in [6.45, 7) is 2.10. The van der Waals surface area contributed by atoms with E-state index in [2.05, 4.69) is 0 Å². The molecule has 1 atom stereocenters. The number of carboxylic acid groups (broad SMARTS) is 1. The number of benzene rings is 1. The highest BCUT2D eigenvalue weighted by atomic mass is 19.1. The molecule has 108 valence electrons. The molecule has 1 aromatic rings. The number of carbonyl (C=O) groups is 2. The molecule has 1 heterocycles. The molecule has 0 aliphatic carbocycles. The summed E-state index contributed by atoms with van der Waals surface area (Å²) in [5, 5.41) is 8.92. The average Bonchev–Trinajstić information content (AvgIpc) is 2.41. The minimum Gasteiger partial charge on any atom is -0.481 e. The summed E-state index contributed by atoms with van der Waals surface area (Å²) in [6.07, 6.45) is 2.30. The summed E-state index contributed by atoms with van der Waals surface area (Å²) in [4.78, 5) is 24.8. The average molecular weight is 279 g/mol. The zero-order valence-electron chi connectivity index (χ0n) is 11.4. The molecule has 0 radical (unpaired) electrons. The summed E-state index contributed by atoms with van der Waals surface area (Å²) in [5.41, 5.74) is 0.449. The number of hydrogen-bond donors (Lipinski definition) is 1. The second kappa shape index (κ2) is 6.03. The van der Waals surface area contributed by atoms with Crippen molar-refractivity contribution < 1.29 is 19.1 Å². The molecule has 0 aromatic heterocycles. The number of carboxylic acids is 1. The summed E-state index contributed by atoms with van der Waals surface area (Å²) < 4.78 is 14.0. The fourth-order valence-electron chi connectivity index (χ4n) is 2.65. The first-order valence-corrected chi connectivity index (χ1v) is 6.78. The number of rotatable bonds is 3. The fraction of sp³-hybridized carbons (Fsp3) is 0.467. The van der Waals surface area contributed by atoms with Crippen LogP contribution in [0, 0.1) is 12.7 Å². The summed E-state index contributed by atoms with van der Waals surface area (Å²) in [6, 6.07) is 4.37. The van der Waals surface area contributed by atoms with Crippen molar-refractivity contribution in [3.05, 3.63) is 35.1 Å². The van der Waals surface area contributed by atoms with E-state index in [0.29, 0.717) is 18.5 Å². The van der Waals surface area contributed by atoms with Gasteiger partial charge in [-0.25, -0.2) is 4.39 Å². The lowest BCUT2D eigenvalue weighted by molar-refractivity contribution is -0.138. The molecule has 1 unspecified atom stereocenters. The van der Waals surface area contributed by atoms with Crippen LogP contribution in [0.15, 0.2) is 18.2 Å². The van der Waals surface area contributed by atoms with Gasteiger partial charge < -0.3 is 10.0 Å². The molecule has 5 heteroatoms. The Labute approximate surface area is 117 Å². The molecule has 2 rings (SSSR count). The fourth-order valence-corrected chi connectivity index (χ4v) is 2.65. The van der Waals surface area contributed by atoms with Gasteiger partial charge in [0.2, 0.25) is 0 Å². The minimum absolute atomic E-state index is 0.0299. The Balaban J connectivity index is 2.25. The molecular weight excluding hydrogens is 261 g/mol. The Kier molecular flexibility index (Phi) is 4.37. The Bertz CT molecular complexity index is 530. The minimum atomic E-state index is -0.931. The molecule has 1 aromatic carbocycles. The van der Waals surface area contributed by atoms with Crippen LogP contribution in [-0.4, -0.2) is 34.5 Å². The van der Waals surface area contributed by atoms with E-state index < -0.39 is 17.7 Å². The molecule has 1 saturated heterocycles. The van der Waals surface area contributed by atoms with Crippen LogP contribution in [0.5, 0.6) is 0 Å². The highest BCUT2D eigenvalue weighted by molar-refractivity contribution is 5.95. The third-order valence-electron chi connectivity index (χ3n) is 3.72. The number of carbonyl (C=O) groups excluding carboxylic acids is 1. The lowest BCUT2D eigenvalue weighted by atomic mass is 9.97. The molecule has 0 spiro atoms. The van der Waals surface area contributed by atoms with Gasteiger partial charge in [0.15, 0.2) is 0 Å². The lowest BCUT2D eigenvalue weighted by Gasteiger charge is -2.35. The third kappa shape index (κ3) is 2.98. The van der Waals surface area contributed by atoms with Crippen LogP contribution in [0.4, 0.5) is 4.39 Å². The van der Waals surface area contributed by atoms with Gasteiger partial charge in [-0.15, -0.1) is 0 Å². The van der Waals surface area contributed by atoms with Crippen LogP contribution < -0.4 is 0 Å². The number of halogens is 1. The normalized spacial score (nSPS) is 18.9. The maximum atomic E-state index is 14.0. The van der Waals surface area contributed by atoms with Gasteiger partial charge in [-0.3, -0.25) is 9.59 Å². The van der Waals surface area contributed by atoms with Crippen LogP contribution in [0.25, 0.3) is 0 Å². The highest BCUT2D eigenvalue weighted by Gasteiger charge is 2.30. The monoisotopic (exact) mass is 279 g/mol. The number of piperidine rings is 1. The molecule has 1 fully saturated rings. The van der Waals surface area contributed by atoms with Gasteiger partial charge in [0.05, 0.1) is 12.0 Å². The van der Waals surface area contributed by atoms with Crippen molar-refractivity contribution in [3.8, 4) is 0 Å². The summed E-state index contributed by atoms with van der Waals surface area (Å²) in [7, 11) is 0. The van der Waals surface area contributed by atoms with Crippen molar-refractivity contribution in [2.75, 3.05) is 6.54 Å². The number of aliphatic carboxylic acids is 1. The van der Waals surface area contributed by atoms with Crippen molar-refractivity contribution in [2.24, 2.45) is 0 Å². The van der Waals surface area contributed by atoms with Gasteiger partial charge in [-0.1, -0.05) is 12.1 Å². The SMILES string of the molecule is Cc1cccc(C(=O)N2CCCCC2CC(=O)O)c1F. The van der Waals surface area contributed by atoms with Gasteiger partial charge in [0.1, 0.15) is 5.82 Å². The van der Waals surface area contributed by atoms with Crippen LogP contribution in [0.1, 0.15) is 41.6 Å². The zero-order valence-corrected chi connectivity index (χ0v) is 11.4. The summed E-state index contributed by atoms with van der Waals surface area (Å²) >= 11 is 0. The van der Waals surface area contributed by atoms with Crippen molar-refractivity contribution in [1.82, 2.24) is 4.90 Å². The van der Waals surface area contributed by atoms with E-state index in [-0.39, 0.29) is 18.0 Å². The number of amides is 1. The Hall–Kier alpha value is -1.91. The molecule has 1 N–H and O–H groups in total. The van der Waals surface area contributed by atoms with Crippen LogP contribution in [0.3, 0.4) is 0 Å². The number of likely N-dealkylation sites (tertiary alicyclic amines) is 1. The van der Waals surface area contributed by atoms with Crippen molar-refractivity contribution in [3.63, 3.8) is 0 Å². The second-order valence-electron chi connectivity index (χ2n) is 5.18. The van der Waals surface area contributed by atoms with E-state index in [1.165, 1.54) is 11.0 Å². The second-order valence-corrected chi connectivity index (χ2v) is 5.18. The van der Waals surface area contributed by atoms with Gasteiger partial charge >= 0.3 is 5.97 Å². The number of aryl methyl sites for hydroxylation is 1. The smallest absolute Gasteiger partial charge is 0.305 e. The van der Waals surface area contributed by atoms with Crippen LogP contribution in [-0.2, 0) is 4.79 Å². The maximum Gasteiger partial charge on any atom is 0.305 e. The molecule has 1 aliphatic heterocycles. The predicted molar refractivity (Wildman–Crippen MR) is 72.1 cm³/mol. The number of nitrogens with zero attached hydrogens (tertiary/aromatic N) is 1. The van der Waals surface area contributed by atoms with Crippen LogP contribution in [0.2, 0.25) is 0 Å². The largest absolute Gasteiger partial charge is 0.481 e. The zero-order chi connectivity index (χ0) is 14.7. The maximum absolute atomic E-state index is 14.0. The van der Waals surface area contributed by atoms with E-state index in [1.54, 1.807) is 19.1 Å². The summed E-state index contributed by atoms with van der Waals surface area (Å²) in [5.74, 6) is -1.85. The Morgan fingerprint density at radius 1 is 1.40 bits per heavy atom. The quantitative estimate of drug-likeness (QED) is 0.925. The first-order chi connectivity index (χ1) is 9.50. The van der Waals surface area contributed by atoms with E-state index in [0.717, 1.165) is 12.8 Å². The third-order valence-corrected chi connectivity index (χ3v) is 3.72. The highest BCUT2D eigenvalue weighted by Crippen LogP contribution is 2.23. The van der Waals surface area contributed by atoms with Crippen molar-refractivity contribution in [2.45, 2.75) is 38.6 Å². The topological polar surface area (TPSA) is 57.6 Å². The van der Waals surface area contributed by atoms with Crippen molar-refractivity contribution in [1.29, 1.82) is 0 Å². The van der Waals surface area contributed by atoms with Gasteiger partial charge in [0.25, 0.3) is 5.91 Å². The molecule has 0 bridgehead atoms. The van der Waals surface area contributed by atoms with E-state index in [4.69, 9.17) is 5.11 Å². The molecule has 0 saturated carbocycles. The van der Waals surface area contributed by atoms with E-state index in [1.807, 2.05) is 0 Å². The van der Waals surface area contributed by atoms with Gasteiger partial charge in [-0.05, 0) is 37.8 Å². The standard InChI is InChI=1S/C15H18FNO3/c1-10-5-4-7-12(14(10)16)15(20)17-8-3-2-6-11(17)9-13(18)19/h4-5,7,11H,2-3,6,8-9H2,1H3,(H,18,19). The molecule has 20 heavy (non-hydrogen) atoms. The number of hydrogen-bond acceptors (Lipinski definition) is 2. The molecule has 1 aliphatic rings. The molecule has 1 amide bonds. The van der Waals surface area contributed by atoms with Crippen LogP contribution >= 0.6 is 0 Å². The van der Waals surface area contributed by atoms with Crippen molar-refractivity contribution >= 4 is 11.9 Å². The molecule has 4 nitrogen and oxygen atoms in total. The molecular formula is C15H18FNO3. The Morgan fingerprint density at radius 2 is 2.15 bits per heavy atom. The predicted octanol–water partition coefficient (Wildman–Crippen LogP) is 2.60. The van der Waals surface area contributed by atoms with Gasteiger partial charge in [-0.2, -0.15) is 0 Å². The van der Waals surface area contributed by atoms with E-state index >= 15 is 0 Å².